The molecular weight excluding hydrogens is 240 g/mol. The number of alkyl halides is 2. The maximum atomic E-state index is 12.9. The van der Waals surface area contributed by atoms with Gasteiger partial charge in [-0.1, -0.05) is 6.07 Å². The van der Waals surface area contributed by atoms with Crippen LogP contribution >= 0.6 is 0 Å². The monoisotopic (exact) mass is 255 g/mol. The highest BCUT2D eigenvalue weighted by atomic mass is 19.3. The maximum Gasteiger partial charge on any atom is 0.377 e. The van der Waals surface area contributed by atoms with Gasteiger partial charge in [-0.25, -0.2) is 4.79 Å². The Hall–Kier alpha value is -1.65. The van der Waals surface area contributed by atoms with Gasteiger partial charge in [0.15, 0.2) is 0 Å². The Labute approximate surface area is 104 Å². The van der Waals surface area contributed by atoms with Gasteiger partial charge in [0.25, 0.3) is 0 Å². The van der Waals surface area contributed by atoms with E-state index in [0.29, 0.717) is 0 Å². The summed E-state index contributed by atoms with van der Waals surface area (Å²) in [7, 11) is 0. The largest absolute Gasteiger partial charge is 0.456 e. The molecule has 3 nitrogen and oxygen atoms in total. The number of hydrogen-bond donors (Lipinski definition) is 1. The minimum absolute atomic E-state index is 0.198. The van der Waals surface area contributed by atoms with E-state index in [4.69, 9.17) is 0 Å². The Kier molecular flexibility index (Phi) is 3.24. The van der Waals surface area contributed by atoms with Gasteiger partial charge >= 0.3 is 11.9 Å². The van der Waals surface area contributed by atoms with E-state index in [1.807, 2.05) is 32.0 Å². The van der Waals surface area contributed by atoms with Gasteiger partial charge in [0, 0.05) is 5.69 Å². The molecule has 0 bridgehead atoms. The van der Waals surface area contributed by atoms with Crippen LogP contribution in [0.1, 0.15) is 17.5 Å². The minimum Gasteiger partial charge on any atom is -0.456 e. The molecule has 1 saturated heterocycles. The number of benzene rings is 1. The Morgan fingerprint density at radius 2 is 2.11 bits per heavy atom. The van der Waals surface area contributed by atoms with Gasteiger partial charge < -0.3 is 10.1 Å². The Morgan fingerprint density at radius 1 is 1.39 bits per heavy atom. The average molecular weight is 255 g/mol. The van der Waals surface area contributed by atoms with Crippen molar-refractivity contribution in [1.82, 2.24) is 0 Å². The van der Waals surface area contributed by atoms with Gasteiger partial charge in [-0.15, -0.1) is 0 Å². The molecule has 1 atom stereocenters. The van der Waals surface area contributed by atoms with E-state index in [1.54, 1.807) is 0 Å². The van der Waals surface area contributed by atoms with Crippen LogP contribution in [0.5, 0.6) is 0 Å². The first-order valence-corrected chi connectivity index (χ1v) is 5.78. The van der Waals surface area contributed by atoms with E-state index in [2.05, 4.69) is 10.1 Å². The zero-order chi connectivity index (χ0) is 13.3. The topological polar surface area (TPSA) is 38.3 Å². The van der Waals surface area contributed by atoms with Crippen LogP contribution in [0.4, 0.5) is 14.5 Å². The first-order valence-electron chi connectivity index (χ1n) is 5.78. The van der Waals surface area contributed by atoms with Crippen LogP contribution < -0.4 is 5.32 Å². The lowest BCUT2D eigenvalue weighted by atomic mass is 10.1. The van der Waals surface area contributed by atoms with Crippen molar-refractivity contribution < 1.29 is 18.3 Å². The molecule has 5 heteroatoms. The van der Waals surface area contributed by atoms with Crippen LogP contribution in [0.3, 0.4) is 0 Å². The third-order valence-electron chi connectivity index (χ3n) is 3.10. The number of esters is 1. The van der Waals surface area contributed by atoms with Crippen molar-refractivity contribution >= 4 is 11.7 Å². The molecule has 98 valence electrons. The predicted octanol–water partition coefficient (Wildman–Crippen LogP) is 2.67. The second-order valence-electron chi connectivity index (χ2n) is 4.62. The molecule has 0 amide bonds. The van der Waals surface area contributed by atoms with Gasteiger partial charge in [0.05, 0.1) is 13.0 Å². The summed E-state index contributed by atoms with van der Waals surface area (Å²) in [6.45, 7) is 4.17. The van der Waals surface area contributed by atoms with Crippen molar-refractivity contribution in [3.63, 3.8) is 0 Å². The molecule has 0 saturated carbocycles. The highest BCUT2D eigenvalue weighted by molar-refractivity contribution is 5.79. The van der Waals surface area contributed by atoms with Crippen LogP contribution in [-0.2, 0) is 9.53 Å². The molecule has 1 aliphatic heterocycles. The van der Waals surface area contributed by atoms with Gasteiger partial charge in [-0.2, -0.15) is 8.78 Å². The molecule has 0 spiro atoms. The normalized spacial score (nSPS) is 21.8. The van der Waals surface area contributed by atoms with Crippen LogP contribution in [0, 0.1) is 13.8 Å². The number of carbonyl (C=O) groups is 1. The van der Waals surface area contributed by atoms with E-state index in [1.165, 1.54) is 5.56 Å². The van der Waals surface area contributed by atoms with Crippen LogP contribution in [0.25, 0.3) is 0 Å². The zero-order valence-corrected chi connectivity index (χ0v) is 10.3. The second-order valence-corrected chi connectivity index (χ2v) is 4.62. The molecule has 0 radical (unpaired) electrons. The fourth-order valence-corrected chi connectivity index (χ4v) is 1.85. The second kappa shape index (κ2) is 4.55. The lowest BCUT2D eigenvalue weighted by molar-refractivity contribution is -0.158. The van der Waals surface area contributed by atoms with Crippen molar-refractivity contribution in [2.45, 2.75) is 32.3 Å². The average Bonchev–Trinajstić information content (AvgIpc) is 2.55. The van der Waals surface area contributed by atoms with Crippen LogP contribution in [0.2, 0.25) is 0 Å². The highest BCUT2D eigenvalue weighted by Crippen LogP contribution is 2.31. The number of anilines is 1. The summed E-state index contributed by atoms with van der Waals surface area (Å²) in [6, 6.07) is 5.76. The number of nitrogens with one attached hydrogen (secondary N) is 1. The lowest BCUT2D eigenvalue weighted by Gasteiger charge is -2.12. The summed E-state index contributed by atoms with van der Waals surface area (Å²) in [5, 5.41) is 3.00. The van der Waals surface area contributed by atoms with Gasteiger partial charge in [0.2, 0.25) is 0 Å². The van der Waals surface area contributed by atoms with E-state index < -0.39 is 24.4 Å². The third kappa shape index (κ3) is 2.60. The van der Waals surface area contributed by atoms with Crippen molar-refractivity contribution in [1.29, 1.82) is 0 Å². The SMILES string of the molecule is Cc1ccc(NCC2CC(F)(F)C(=O)O2)cc1C. The standard InChI is InChI=1S/C13H15F2NO2/c1-8-3-4-10(5-9(8)2)16-7-11-6-13(14,15)12(17)18-11/h3-5,11,16H,6-7H2,1-2H3. The number of cyclic esters (lactones) is 1. The first-order chi connectivity index (χ1) is 8.38. The number of aryl methyl sites for hydroxylation is 2. The van der Waals surface area contributed by atoms with Gasteiger partial charge in [0.1, 0.15) is 6.10 Å². The summed E-state index contributed by atoms with van der Waals surface area (Å²) in [4.78, 5) is 10.8. The Bertz CT molecular complexity index is 474. The van der Waals surface area contributed by atoms with Crippen molar-refractivity contribution in [3.05, 3.63) is 29.3 Å². The molecule has 1 fully saturated rings. The fourth-order valence-electron chi connectivity index (χ4n) is 1.85. The molecule has 2 rings (SSSR count). The van der Waals surface area contributed by atoms with Gasteiger partial charge in [-0.05, 0) is 37.1 Å². The van der Waals surface area contributed by atoms with E-state index in [0.717, 1.165) is 11.3 Å². The molecule has 1 unspecified atom stereocenters. The summed E-state index contributed by atoms with van der Waals surface area (Å²) in [6.07, 6.45) is -1.32. The summed E-state index contributed by atoms with van der Waals surface area (Å²) >= 11 is 0. The number of rotatable bonds is 3. The predicted molar refractivity (Wildman–Crippen MR) is 63.8 cm³/mol. The van der Waals surface area contributed by atoms with Crippen LogP contribution in [-0.4, -0.2) is 24.5 Å². The first kappa shape index (κ1) is 12.8. The molecule has 1 aromatic carbocycles. The fraction of sp³-hybridized carbons (Fsp3) is 0.462. The van der Waals surface area contributed by atoms with Gasteiger partial charge in [-0.3, -0.25) is 0 Å². The molecule has 18 heavy (non-hydrogen) atoms. The molecule has 1 heterocycles. The van der Waals surface area contributed by atoms with Crippen molar-refractivity contribution in [2.75, 3.05) is 11.9 Å². The molecule has 0 aromatic heterocycles. The number of carbonyl (C=O) groups excluding carboxylic acids is 1. The maximum absolute atomic E-state index is 12.9. The summed E-state index contributed by atoms with van der Waals surface area (Å²) < 4.78 is 30.5. The Morgan fingerprint density at radius 3 is 2.67 bits per heavy atom. The third-order valence-corrected chi connectivity index (χ3v) is 3.10. The summed E-state index contributed by atoms with van der Waals surface area (Å²) in [5.74, 6) is -4.76. The van der Waals surface area contributed by atoms with Crippen molar-refractivity contribution in [3.8, 4) is 0 Å². The minimum atomic E-state index is -3.34. The molecule has 1 aliphatic rings. The van der Waals surface area contributed by atoms with Crippen molar-refractivity contribution in [2.24, 2.45) is 0 Å². The van der Waals surface area contributed by atoms with E-state index in [-0.39, 0.29) is 6.54 Å². The molecule has 0 aliphatic carbocycles. The molecule has 1 aromatic rings. The quantitative estimate of drug-likeness (QED) is 0.844. The molecular formula is C13H15F2NO2. The lowest BCUT2D eigenvalue weighted by Crippen LogP contribution is -2.22. The highest BCUT2D eigenvalue weighted by Gasteiger charge is 2.50. The van der Waals surface area contributed by atoms with E-state index in [9.17, 15) is 13.6 Å². The smallest absolute Gasteiger partial charge is 0.377 e. The number of hydrogen-bond acceptors (Lipinski definition) is 3. The number of ether oxygens (including phenoxy) is 1. The number of halogens is 2. The molecule has 1 N–H and O–H groups in total. The van der Waals surface area contributed by atoms with Crippen LogP contribution in [0.15, 0.2) is 18.2 Å². The zero-order valence-electron chi connectivity index (χ0n) is 10.3. The summed E-state index contributed by atoms with van der Waals surface area (Å²) in [5.41, 5.74) is 3.12. The van der Waals surface area contributed by atoms with E-state index >= 15 is 0 Å². The Balaban J connectivity index is 1.93.